The fourth-order valence-electron chi connectivity index (χ4n) is 2.77. The van der Waals surface area contributed by atoms with Crippen LogP contribution in [0.4, 0.5) is 10.1 Å². The van der Waals surface area contributed by atoms with Gasteiger partial charge in [0, 0.05) is 10.6 Å². The molecular formula is C17H18FNOS. The Morgan fingerprint density at radius 3 is 2.95 bits per heavy atom. The fourth-order valence-corrected chi connectivity index (χ4v) is 3.87. The van der Waals surface area contributed by atoms with E-state index in [1.54, 1.807) is 24.3 Å². The molecule has 2 aromatic rings. The standard InChI is InChI=1S/C17H18FNOS/c1-10-3-6-15-12(7-10)9-16(21-15)17(20)19-14-5-4-13(18)8-11(14)2/h4-5,8-10H,3,6-7H2,1-2H3,(H,19,20)/t10-/m0/s1. The first-order chi connectivity index (χ1) is 10.0. The molecule has 21 heavy (non-hydrogen) atoms. The van der Waals surface area contributed by atoms with E-state index < -0.39 is 0 Å². The van der Waals surface area contributed by atoms with Crippen LogP contribution >= 0.6 is 11.3 Å². The van der Waals surface area contributed by atoms with Crippen molar-refractivity contribution in [1.82, 2.24) is 0 Å². The number of rotatable bonds is 2. The predicted molar refractivity (Wildman–Crippen MR) is 84.6 cm³/mol. The summed E-state index contributed by atoms with van der Waals surface area (Å²) in [5, 5.41) is 2.88. The van der Waals surface area contributed by atoms with Gasteiger partial charge in [0.25, 0.3) is 5.91 Å². The Hall–Kier alpha value is -1.68. The molecule has 2 nitrogen and oxygen atoms in total. The minimum Gasteiger partial charge on any atom is -0.321 e. The van der Waals surface area contributed by atoms with E-state index in [1.807, 2.05) is 6.07 Å². The molecule has 110 valence electrons. The number of thiophene rings is 1. The summed E-state index contributed by atoms with van der Waals surface area (Å²) in [5.41, 5.74) is 2.72. The molecule has 0 spiro atoms. The van der Waals surface area contributed by atoms with E-state index in [0.29, 0.717) is 11.6 Å². The largest absolute Gasteiger partial charge is 0.321 e. The van der Waals surface area contributed by atoms with Crippen molar-refractivity contribution in [3.05, 3.63) is 51.0 Å². The predicted octanol–water partition coefficient (Wildman–Crippen LogP) is 4.57. The summed E-state index contributed by atoms with van der Waals surface area (Å²) in [4.78, 5) is 14.4. The molecule has 1 aromatic heterocycles. The first-order valence-electron chi connectivity index (χ1n) is 7.22. The molecule has 0 saturated carbocycles. The second-order valence-corrected chi connectivity index (χ2v) is 6.96. The molecular weight excluding hydrogens is 285 g/mol. The van der Waals surface area contributed by atoms with Crippen LogP contribution in [-0.2, 0) is 12.8 Å². The van der Waals surface area contributed by atoms with Gasteiger partial charge in [0.2, 0.25) is 0 Å². The van der Waals surface area contributed by atoms with Crippen molar-refractivity contribution < 1.29 is 9.18 Å². The average molecular weight is 303 g/mol. The van der Waals surface area contributed by atoms with Crippen molar-refractivity contribution in [3.8, 4) is 0 Å². The summed E-state index contributed by atoms with van der Waals surface area (Å²) in [6.45, 7) is 4.04. The van der Waals surface area contributed by atoms with Crippen LogP contribution < -0.4 is 5.32 Å². The highest BCUT2D eigenvalue weighted by atomic mass is 32.1. The van der Waals surface area contributed by atoms with Crippen LogP contribution in [0, 0.1) is 18.7 Å². The van der Waals surface area contributed by atoms with Gasteiger partial charge in [-0.3, -0.25) is 4.79 Å². The van der Waals surface area contributed by atoms with Crippen molar-refractivity contribution >= 4 is 22.9 Å². The maximum atomic E-state index is 13.1. The van der Waals surface area contributed by atoms with Crippen LogP contribution in [0.3, 0.4) is 0 Å². The Balaban J connectivity index is 1.79. The van der Waals surface area contributed by atoms with Crippen LogP contribution in [0.2, 0.25) is 0 Å². The van der Waals surface area contributed by atoms with Crippen LogP contribution in [0.5, 0.6) is 0 Å². The van der Waals surface area contributed by atoms with Crippen LogP contribution in [0.1, 0.15) is 39.0 Å². The molecule has 0 unspecified atom stereocenters. The molecule has 1 amide bonds. The number of hydrogen-bond acceptors (Lipinski definition) is 2. The molecule has 1 N–H and O–H groups in total. The van der Waals surface area contributed by atoms with Crippen molar-refractivity contribution in [1.29, 1.82) is 0 Å². The number of halogens is 1. The first-order valence-corrected chi connectivity index (χ1v) is 8.03. The lowest BCUT2D eigenvalue weighted by atomic mass is 9.90. The van der Waals surface area contributed by atoms with Gasteiger partial charge in [-0.1, -0.05) is 6.92 Å². The zero-order valence-corrected chi connectivity index (χ0v) is 13.0. The molecule has 1 heterocycles. The third-order valence-electron chi connectivity index (χ3n) is 3.99. The molecule has 1 aliphatic rings. The van der Waals surface area contributed by atoms with E-state index in [1.165, 1.54) is 29.0 Å². The molecule has 1 atom stereocenters. The van der Waals surface area contributed by atoms with E-state index in [9.17, 15) is 9.18 Å². The third-order valence-corrected chi connectivity index (χ3v) is 5.23. The van der Waals surface area contributed by atoms with Crippen molar-refractivity contribution in [2.24, 2.45) is 5.92 Å². The molecule has 0 saturated heterocycles. The summed E-state index contributed by atoms with van der Waals surface area (Å²) >= 11 is 1.59. The second-order valence-electron chi connectivity index (χ2n) is 5.82. The van der Waals surface area contributed by atoms with Gasteiger partial charge in [-0.05, 0) is 67.5 Å². The van der Waals surface area contributed by atoms with E-state index in [2.05, 4.69) is 12.2 Å². The number of hydrogen-bond donors (Lipinski definition) is 1. The Morgan fingerprint density at radius 1 is 1.38 bits per heavy atom. The SMILES string of the molecule is Cc1cc(F)ccc1NC(=O)c1cc2c(s1)CC[C@H](C)C2. The number of anilines is 1. The smallest absolute Gasteiger partial charge is 0.265 e. The number of nitrogens with one attached hydrogen (secondary N) is 1. The van der Waals surface area contributed by atoms with Crippen molar-refractivity contribution in [3.63, 3.8) is 0 Å². The van der Waals surface area contributed by atoms with Gasteiger partial charge in [-0.15, -0.1) is 11.3 Å². The molecule has 0 aliphatic heterocycles. The van der Waals surface area contributed by atoms with Gasteiger partial charge >= 0.3 is 0 Å². The highest BCUT2D eigenvalue weighted by Crippen LogP contribution is 2.32. The fraction of sp³-hybridized carbons (Fsp3) is 0.353. The lowest BCUT2D eigenvalue weighted by Gasteiger charge is -2.16. The minimum atomic E-state index is -0.286. The number of aryl methyl sites for hydroxylation is 2. The molecule has 0 radical (unpaired) electrons. The Labute approximate surface area is 128 Å². The summed E-state index contributed by atoms with van der Waals surface area (Å²) < 4.78 is 13.1. The van der Waals surface area contributed by atoms with Crippen LogP contribution in [0.25, 0.3) is 0 Å². The minimum absolute atomic E-state index is 0.100. The summed E-state index contributed by atoms with van der Waals surface area (Å²) in [6, 6.07) is 6.42. The van der Waals surface area contributed by atoms with Gasteiger partial charge in [0.1, 0.15) is 5.82 Å². The quantitative estimate of drug-likeness (QED) is 0.865. The van der Waals surface area contributed by atoms with Crippen molar-refractivity contribution in [2.75, 3.05) is 5.32 Å². The van der Waals surface area contributed by atoms with Crippen LogP contribution in [-0.4, -0.2) is 5.91 Å². The van der Waals surface area contributed by atoms with E-state index in [-0.39, 0.29) is 11.7 Å². The Bertz CT molecular complexity index is 692. The zero-order valence-electron chi connectivity index (χ0n) is 12.2. The summed E-state index contributed by atoms with van der Waals surface area (Å²) in [5.74, 6) is 0.310. The Kier molecular flexibility index (Phi) is 3.81. The summed E-state index contributed by atoms with van der Waals surface area (Å²) in [7, 11) is 0. The summed E-state index contributed by atoms with van der Waals surface area (Å²) in [6.07, 6.45) is 3.34. The molecule has 3 rings (SSSR count). The van der Waals surface area contributed by atoms with Crippen LogP contribution in [0.15, 0.2) is 24.3 Å². The molecule has 1 aromatic carbocycles. The van der Waals surface area contributed by atoms with E-state index >= 15 is 0 Å². The first kappa shape index (κ1) is 14.3. The average Bonchev–Trinajstić information content (AvgIpc) is 2.85. The van der Waals surface area contributed by atoms with Gasteiger partial charge in [0.15, 0.2) is 0 Å². The van der Waals surface area contributed by atoms with Gasteiger partial charge < -0.3 is 5.32 Å². The maximum absolute atomic E-state index is 13.1. The van der Waals surface area contributed by atoms with Crippen molar-refractivity contribution in [2.45, 2.75) is 33.1 Å². The highest BCUT2D eigenvalue weighted by molar-refractivity contribution is 7.14. The lowest BCUT2D eigenvalue weighted by Crippen LogP contribution is -2.11. The van der Waals surface area contributed by atoms with Gasteiger partial charge in [-0.2, -0.15) is 0 Å². The number of amides is 1. The topological polar surface area (TPSA) is 29.1 Å². The van der Waals surface area contributed by atoms with E-state index in [0.717, 1.165) is 23.3 Å². The number of carbonyl (C=O) groups excluding carboxylic acids is 1. The zero-order chi connectivity index (χ0) is 15.0. The maximum Gasteiger partial charge on any atom is 0.265 e. The second kappa shape index (κ2) is 5.60. The van der Waals surface area contributed by atoms with Gasteiger partial charge in [-0.25, -0.2) is 4.39 Å². The number of carbonyl (C=O) groups is 1. The highest BCUT2D eigenvalue weighted by Gasteiger charge is 2.20. The number of fused-ring (bicyclic) bond motifs is 1. The van der Waals surface area contributed by atoms with E-state index in [4.69, 9.17) is 0 Å². The molecule has 1 aliphatic carbocycles. The van der Waals surface area contributed by atoms with Gasteiger partial charge in [0.05, 0.1) is 4.88 Å². The Morgan fingerprint density at radius 2 is 2.19 bits per heavy atom. The molecule has 0 fully saturated rings. The molecule has 4 heteroatoms. The third kappa shape index (κ3) is 3.00. The molecule has 0 bridgehead atoms. The monoisotopic (exact) mass is 303 g/mol. The number of benzene rings is 1. The lowest BCUT2D eigenvalue weighted by molar-refractivity contribution is 0.103. The normalized spacial score (nSPS) is 17.4.